The highest BCUT2D eigenvalue weighted by molar-refractivity contribution is 5.91. The number of likely N-dealkylation sites (tertiary alicyclic amines) is 1. The quantitative estimate of drug-likeness (QED) is 0.850. The molecule has 5 heteroatoms. The van der Waals surface area contributed by atoms with Crippen LogP contribution in [-0.4, -0.2) is 40.5 Å². The van der Waals surface area contributed by atoms with Gasteiger partial charge in [0.05, 0.1) is 0 Å². The van der Waals surface area contributed by atoms with Crippen molar-refractivity contribution in [2.45, 2.75) is 38.1 Å². The molecule has 1 aliphatic heterocycles. The highest BCUT2D eigenvalue weighted by atomic mass is 16.4. The number of aliphatic carboxylic acids is 1. The van der Waals surface area contributed by atoms with Crippen molar-refractivity contribution in [2.24, 2.45) is 0 Å². The summed E-state index contributed by atoms with van der Waals surface area (Å²) in [4.78, 5) is 26.9. The van der Waals surface area contributed by atoms with E-state index in [1.807, 2.05) is 75.4 Å². The first-order valence-electron chi connectivity index (χ1n) is 9.18. The first-order chi connectivity index (χ1) is 12.7. The summed E-state index contributed by atoms with van der Waals surface area (Å²) in [6.07, 6.45) is 0.415. The number of hydrogen-bond acceptors (Lipinski definition) is 3. The van der Waals surface area contributed by atoms with Crippen molar-refractivity contribution in [3.05, 3.63) is 65.7 Å². The number of amides is 1. The van der Waals surface area contributed by atoms with E-state index in [9.17, 15) is 14.7 Å². The maximum absolute atomic E-state index is 13.2. The largest absolute Gasteiger partial charge is 0.481 e. The van der Waals surface area contributed by atoms with Gasteiger partial charge in [0.1, 0.15) is 11.0 Å². The van der Waals surface area contributed by atoms with Gasteiger partial charge in [-0.15, -0.1) is 0 Å². The standard InChI is InChI=1S/C22H26N2O3/c1-16-9-11-18(12-10-16)23-21(2,3)19(25)24-14-13-22(15-24,20(26)27)17-7-5-4-6-8-17/h4-12,23H,13-15H2,1-3H3,(H,26,27). The van der Waals surface area contributed by atoms with Crippen molar-refractivity contribution < 1.29 is 14.7 Å². The maximum Gasteiger partial charge on any atom is 0.316 e. The van der Waals surface area contributed by atoms with Gasteiger partial charge in [0.2, 0.25) is 5.91 Å². The Hall–Kier alpha value is -2.82. The summed E-state index contributed by atoms with van der Waals surface area (Å²) < 4.78 is 0. The van der Waals surface area contributed by atoms with Crippen LogP contribution in [0.1, 0.15) is 31.4 Å². The lowest BCUT2D eigenvalue weighted by molar-refractivity contribution is -0.143. The zero-order chi connectivity index (χ0) is 19.7. The average molecular weight is 366 g/mol. The number of anilines is 1. The number of carboxylic acid groups (broad SMARTS) is 1. The second-order valence-electron chi connectivity index (χ2n) is 7.85. The molecule has 1 atom stereocenters. The van der Waals surface area contributed by atoms with Gasteiger partial charge in [-0.2, -0.15) is 0 Å². The minimum Gasteiger partial charge on any atom is -0.481 e. The smallest absolute Gasteiger partial charge is 0.316 e. The molecule has 2 N–H and O–H groups in total. The van der Waals surface area contributed by atoms with Crippen molar-refractivity contribution in [2.75, 3.05) is 18.4 Å². The molecule has 0 spiro atoms. The fourth-order valence-corrected chi connectivity index (χ4v) is 3.72. The van der Waals surface area contributed by atoms with E-state index in [2.05, 4.69) is 5.32 Å². The predicted octanol–water partition coefficient (Wildman–Crippen LogP) is 3.44. The zero-order valence-electron chi connectivity index (χ0n) is 16.0. The second kappa shape index (κ2) is 7.06. The summed E-state index contributed by atoms with van der Waals surface area (Å²) >= 11 is 0. The number of aryl methyl sites for hydroxylation is 1. The molecule has 2 aromatic rings. The summed E-state index contributed by atoms with van der Waals surface area (Å²) in [6.45, 7) is 6.29. The molecule has 0 aliphatic carbocycles. The van der Waals surface area contributed by atoms with Crippen molar-refractivity contribution in [1.29, 1.82) is 0 Å². The molecule has 1 aliphatic rings. The van der Waals surface area contributed by atoms with E-state index in [0.29, 0.717) is 13.0 Å². The Morgan fingerprint density at radius 3 is 2.30 bits per heavy atom. The van der Waals surface area contributed by atoms with Gasteiger partial charge in [0.15, 0.2) is 0 Å². The Morgan fingerprint density at radius 1 is 1.07 bits per heavy atom. The topological polar surface area (TPSA) is 69.6 Å². The van der Waals surface area contributed by atoms with Crippen LogP contribution < -0.4 is 5.32 Å². The molecule has 27 heavy (non-hydrogen) atoms. The van der Waals surface area contributed by atoms with Crippen LogP contribution in [-0.2, 0) is 15.0 Å². The van der Waals surface area contributed by atoms with Gasteiger partial charge in [0, 0.05) is 18.8 Å². The predicted molar refractivity (Wildman–Crippen MR) is 106 cm³/mol. The summed E-state index contributed by atoms with van der Waals surface area (Å²) in [5, 5.41) is 13.2. The van der Waals surface area contributed by atoms with Gasteiger partial charge in [-0.3, -0.25) is 9.59 Å². The summed E-state index contributed by atoms with van der Waals surface area (Å²) in [6, 6.07) is 17.1. The molecule has 0 radical (unpaired) electrons. The summed E-state index contributed by atoms with van der Waals surface area (Å²) in [7, 11) is 0. The Morgan fingerprint density at radius 2 is 1.70 bits per heavy atom. The lowest BCUT2D eigenvalue weighted by Crippen LogP contribution is -2.50. The molecule has 0 saturated carbocycles. The van der Waals surface area contributed by atoms with E-state index in [0.717, 1.165) is 16.8 Å². The number of carbonyl (C=O) groups is 2. The maximum atomic E-state index is 13.2. The molecular weight excluding hydrogens is 340 g/mol. The number of carboxylic acids is 1. The van der Waals surface area contributed by atoms with Gasteiger partial charge in [0.25, 0.3) is 0 Å². The van der Waals surface area contributed by atoms with E-state index in [1.54, 1.807) is 4.90 Å². The number of nitrogens with one attached hydrogen (secondary N) is 1. The Kier molecular flexibility index (Phi) is 4.96. The van der Waals surface area contributed by atoms with Gasteiger partial charge in [-0.05, 0) is 44.9 Å². The lowest BCUT2D eigenvalue weighted by atomic mass is 9.80. The van der Waals surface area contributed by atoms with Crippen LogP contribution in [0.3, 0.4) is 0 Å². The molecule has 1 heterocycles. The van der Waals surface area contributed by atoms with Crippen LogP contribution >= 0.6 is 0 Å². The third kappa shape index (κ3) is 3.68. The zero-order valence-corrected chi connectivity index (χ0v) is 16.0. The number of carbonyl (C=O) groups excluding carboxylic acids is 1. The fraction of sp³-hybridized carbons (Fsp3) is 0.364. The minimum absolute atomic E-state index is 0.0952. The van der Waals surface area contributed by atoms with Crippen molar-refractivity contribution in [3.63, 3.8) is 0 Å². The molecule has 0 bridgehead atoms. The molecule has 1 fully saturated rings. The van der Waals surface area contributed by atoms with Gasteiger partial charge in [-0.1, -0.05) is 48.0 Å². The fourth-order valence-electron chi connectivity index (χ4n) is 3.72. The SMILES string of the molecule is Cc1ccc(NC(C)(C)C(=O)N2CCC(C(=O)O)(c3ccccc3)C2)cc1. The van der Waals surface area contributed by atoms with Crippen LogP contribution in [0.2, 0.25) is 0 Å². The first-order valence-corrected chi connectivity index (χ1v) is 9.18. The first kappa shape index (κ1) is 19.0. The third-order valence-corrected chi connectivity index (χ3v) is 5.34. The Labute approximate surface area is 160 Å². The molecule has 3 rings (SSSR count). The van der Waals surface area contributed by atoms with Crippen LogP contribution in [0.4, 0.5) is 5.69 Å². The monoisotopic (exact) mass is 366 g/mol. The average Bonchev–Trinajstić information content (AvgIpc) is 3.10. The molecule has 1 saturated heterocycles. The normalized spacial score (nSPS) is 19.7. The molecule has 0 aromatic heterocycles. The molecule has 1 amide bonds. The minimum atomic E-state index is -1.04. The van der Waals surface area contributed by atoms with Crippen molar-refractivity contribution in [3.8, 4) is 0 Å². The molecule has 142 valence electrons. The van der Waals surface area contributed by atoms with E-state index >= 15 is 0 Å². The van der Waals surface area contributed by atoms with Crippen LogP contribution in [0, 0.1) is 6.92 Å². The molecule has 2 aromatic carbocycles. The van der Waals surface area contributed by atoms with E-state index in [1.165, 1.54) is 0 Å². The molecule has 1 unspecified atom stereocenters. The van der Waals surface area contributed by atoms with Crippen molar-refractivity contribution >= 4 is 17.6 Å². The Balaban J connectivity index is 1.79. The van der Waals surface area contributed by atoms with Crippen LogP contribution in [0.5, 0.6) is 0 Å². The number of hydrogen-bond donors (Lipinski definition) is 2. The summed E-state index contributed by atoms with van der Waals surface area (Å²) in [5.41, 5.74) is 0.887. The molecule has 5 nitrogen and oxygen atoms in total. The second-order valence-corrected chi connectivity index (χ2v) is 7.85. The molecular formula is C22H26N2O3. The van der Waals surface area contributed by atoms with Crippen LogP contribution in [0.15, 0.2) is 54.6 Å². The highest BCUT2D eigenvalue weighted by Gasteiger charge is 2.49. The van der Waals surface area contributed by atoms with Crippen LogP contribution in [0.25, 0.3) is 0 Å². The van der Waals surface area contributed by atoms with Crippen molar-refractivity contribution in [1.82, 2.24) is 4.90 Å². The van der Waals surface area contributed by atoms with E-state index in [4.69, 9.17) is 0 Å². The summed E-state index contributed by atoms with van der Waals surface area (Å²) in [5.74, 6) is -0.976. The van der Waals surface area contributed by atoms with E-state index in [-0.39, 0.29) is 12.5 Å². The van der Waals surface area contributed by atoms with Gasteiger partial charge < -0.3 is 15.3 Å². The number of rotatable bonds is 5. The third-order valence-electron chi connectivity index (χ3n) is 5.34. The number of nitrogens with zero attached hydrogens (tertiary/aromatic N) is 1. The number of benzene rings is 2. The lowest BCUT2D eigenvalue weighted by Gasteiger charge is -2.32. The van der Waals surface area contributed by atoms with E-state index < -0.39 is 16.9 Å². The van der Waals surface area contributed by atoms with Gasteiger partial charge in [-0.25, -0.2) is 0 Å². The van der Waals surface area contributed by atoms with Gasteiger partial charge >= 0.3 is 5.97 Å². The highest BCUT2D eigenvalue weighted by Crippen LogP contribution is 2.36. The Bertz CT molecular complexity index is 830.